The summed E-state index contributed by atoms with van der Waals surface area (Å²) in [5, 5.41) is 21.3. The van der Waals surface area contributed by atoms with Gasteiger partial charge in [-0.15, -0.1) is 0 Å². The van der Waals surface area contributed by atoms with Crippen LogP contribution < -0.4 is 0 Å². The maximum absolute atomic E-state index is 13.6. The van der Waals surface area contributed by atoms with Crippen LogP contribution in [0.5, 0.6) is 5.75 Å². The standard InChI is InChI=1S/C24H24BrFN2O5/c25-16-4-7-19(29)18(14-16)22(30)20-21(15-2-5-17(26)6-3-15)28(24(32)23(20)31)9-1-8-27-10-12-33-13-11-27/h2-7,14,21,29-30H,1,8-13H2. The number of carbonyl (C=O) groups is 2. The molecule has 0 saturated carbocycles. The summed E-state index contributed by atoms with van der Waals surface area (Å²) in [4.78, 5) is 29.7. The molecular weight excluding hydrogens is 495 g/mol. The van der Waals surface area contributed by atoms with Crippen LogP contribution in [0.1, 0.15) is 23.6 Å². The Morgan fingerprint density at radius 3 is 2.48 bits per heavy atom. The van der Waals surface area contributed by atoms with E-state index in [-0.39, 0.29) is 23.4 Å². The molecule has 1 atom stereocenters. The Morgan fingerprint density at radius 2 is 1.79 bits per heavy atom. The molecule has 0 spiro atoms. The predicted octanol–water partition coefficient (Wildman–Crippen LogP) is 3.44. The van der Waals surface area contributed by atoms with Gasteiger partial charge in [0.05, 0.1) is 30.4 Å². The van der Waals surface area contributed by atoms with Crippen molar-refractivity contribution >= 4 is 33.4 Å². The number of aliphatic hydroxyl groups is 1. The van der Waals surface area contributed by atoms with Gasteiger partial charge in [-0.25, -0.2) is 4.39 Å². The number of halogens is 2. The second-order valence-electron chi connectivity index (χ2n) is 8.01. The quantitative estimate of drug-likeness (QED) is 0.346. The highest BCUT2D eigenvalue weighted by atomic mass is 79.9. The van der Waals surface area contributed by atoms with Gasteiger partial charge in [0, 0.05) is 30.7 Å². The maximum atomic E-state index is 13.6. The minimum Gasteiger partial charge on any atom is -0.507 e. The zero-order valence-electron chi connectivity index (χ0n) is 17.8. The van der Waals surface area contributed by atoms with Crippen LogP contribution in [-0.4, -0.2) is 71.1 Å². The Labute approximate surface area is 199 Å². The van der Waals surface area contributed by atoms with E-state index in [1.165, 1.54) is 41.3 Å². The van der Waals surface area contributed by atoms with Crippen LogP contribution in [0.25, 0.3) is 5.76 Å². The number of aliphatic hydroxyl groups excluding tert-OH is 1. The number of amides is 1. The van der Waals surface area contributed by atoms with Crippen LogP contribution >= 0.6 is 15.9 Å². The van der Waals surface area contributed by atoms with Gasteiger partial charge in [0.25, 0.3) is 11.7 Å². The number of aromatic hydroxyl groups is 1. The molecule has 2 saturated heterocycles. The van der Waals surface area contributed by atoms with Crippen LogP contribution in [0.4, 0.5) is 4.39 Å². The van der Waals surface area contributed by atoms with Crippen LogP contribution in [0, 0.1) is 5.82 Å². The molecule has 174 valence electrons. The molecule has 0 aliphatic carbocycles. The Bertz CT molecular complexity index is 1080. The lowest BCUT2D eigenvalue weighted by Gasteiger charge is -2.29. The first-order chi connectivity index (χ1) is 15.9. The molecule has 2 aromatic carbocycles. The number of nitrogens with zero attached hydrogens (tertiary/aromatic N) is 2. The van der Waals surface area contributed by atoms with Crippen LogP contribution in [0.15, 0.2) is 52.5 Å². The highest BCUT2D eigenvalue weighted by Gasteiger charge is 2.46. The lowest BCUT2D eigenvalue weighted by Crippen LogP contribution is -2.38. The molecule has 2 aliphatic rings. The molecule has 0 radical (unpaired) electrons. The molecule has 2 heterocycles. The first-order valence-corrected chi connectivity index (χ1v) is 11.5. The molecule has 4 rings (SSSR count). The molecule has 0 aromatic heterocycles. The molecule has 2 N–H and O–H groups in total. The third kappa shape index (κ3) is 4.95. The summed E-state index contributed by atoms with van der Waals surface area (Å²) in [7, 11) is 0. The van der Waals surface area contributed by atoms with Crippen molar-refractivity contribution in [2.75, 3.05) is 39.4 Å². The lowest BCUT2D eigenvalue weighted by atomic mass is 9.95. The van der Waals surface area contributed by atoms with E-state index in [9.17, 15) is 24.2 Å². The largest absolute Gasteiger partial charge is 0.507 e. The van der Waals surface area contributed by atoms with Gasteiger partial charge in [-0.05, 0) is 42.3 Å². The number of ether oxygens (including phenoxy) is 1. The van der Waals surface area contributed by atoms with Crippen molar-refractivity contribution in [3.63, 3.8) is 0 Å². The average molecular weight is 519 g/mol. The number of morpholine rings is 1. The van der Waals surface area contributed by atoms with Gasteiger partial charge in [0.1, 0.15) is 17.3 Å². The number of Topliss-reactive ketones (excluding diaryl/α,β-unsaturated/α-hetero) is 1. The molecular formula is C24H24BrFN2O5. The van der Waals surface area contributed by atoms with Crippen molar-refractivity contribution in [2.24, 2.45) is 0 Å². The van der Waals surface area contributed by atoms with Gasteiger partial charge in [-0.3, -0.25) is 14.5 Å². The normalized spacial score (nSPS) is 21.0. The predicted molar refractivity (Wildman–Crippen MR) is 123 cm³/mol. The van der Waals surface area contributed by atoms with Gasteiger partial charge in [-0.1, -0.05) is 28.1 Å². The SMILES string of the molecule is O=C1C(=O)N(CCCN2CCOCC2)C(c2ccc(F)cc2)C1=C(O)c1cc(Br)ccc1O. The number of rotatable bonds is 6. The number of ketones is 1. The van der Waals surface area contributed by atoms with Gasteiger partial charge in [0.2, 0.25) is 0 Å². The number of likely N-dealkylation sites (tertiary alicyclic amines) is 1. The number of hydrogen-bond acceptors (Lipinski definition) is 6. The third-order valence-electron chi connectivity index (χ3n) is 5.92. The molecule has 2 fully saturated rings. The van der Waals surface area contributed by atoms with Crippen LogP contribution in [0.3, 0.4) is 0 Å². The molecule has 7 nitrogen and oxygen atoms in total. The zero-order chi connectivity index (χ0) is 23.5. The minimum atomic E-state index is -0.895. The van der Waals surface area contributed by atoms with E-state index in [4.69, 9.17) is 4.74 Å². The number of hydrogen-bond donors (Lipinski definition) is 2. The molecule has 0 bridgehead atoms. The summed E-state index contributed by atoms with van der Waals surface area (Å²) in [6.07, 6.45) is 0.618. The molecule has 1 amide bonds. The molecule has 1 unspecified atom stereocenters. The first-order valence-electron chi connectivity index (χ1n) is 10.7. The monoisotopic (exact) mass is 518 g/mol. The highest BCUT2D eigenvalue weighted by Crippen LogP contribution is 2.41. The zero-order valence-corrected chi connectivity index (χ0v) is 19.4. The van der Waals surface area contributed by atoms with E-state index in [0.29, 0.717) is 29.7 Å². The average Bonchev–Trinajstić information content (AvgIpc) is 3.06. The van der Waals surface area contributed by atoms with E-state index in [2.05, 4.69) is 20.8 Å². The highest BCUT2D eigenvalue weighted by molar-refractivity contribution is 9.10. The Morgan fingerprint density at radius 1 is 1.09 bits per heavy atom. The molecule has 2 aromatic rings. The van der Waals surface area contributed by atoms with Gasteiger partial charge < -0.3 is 19.8 Å². The van der Waals surface area contributed by atoms with E-state index >= 15 is 0 Å². The van der Waals surface area contributed by atoms with E-state index in [1.54, 1.807) is 6.07 Å². The first kappa shape index (κ1) is 23.4. The Balaban J connectivity index is 1.70. The van der Waals surface area contributed by atoms with Crippen molar-refractivity contribution in [3.8, 4) is 5.75 Å². The molecule has 33 heavy (non-hydrogen) atoms. The summed E-state index contributed by atoms with van der Waals surface area (Å²) in [5.41, 5.74) is 0.396. The van der Waals surface area contributed by atoms with Crippen molar-refractivity contribution in [3.05, 3.63) is 69.5 Å². The summed E-state index contributed by atoms with van der Waals surface area (Å²) in [6, 6.07) is 9.04. The summed E-state index contributed by atoms with van der Waals surface area (Å²) < 4.78 is 19.5. The van der Waals surface area contributed by atoms with E-state index < -0.39 is 29.3 Å². The number of phenolic OH excluding ortho intramolecular Hbond substituents is 1. The second kappa shape index (κ2) is 10.0. The molecule has 9 heteroatoms. The smallest absolute Gasteiger partial charge is 0.295 e. The third-order valence-corrected chi connectivity index (χ3v) is 6.41. The van der Waals surface area contributed by atoms with Crippen molar-refractivity contribution in [1.29, 1.82) is 0 Å². The lowest BCUT2D eigenvalue weighted by molar-refractivity contribution is -0.140. The van der Waals surface area contributed by atoms with Gasteiger partial charge in [0.15, 0.2) is 0 Å². The van der Waals surface area contributed by atoms with Crippen LogP contribution in [0.2, 0.25) is 0 Å². The van der Waals surface area contributed by atoms with Crippen LogP contribution in [-0.2, 0) is 14.3 Å². The van der Waals surface area contributed by atoms with Gasteiger partial charge in [-0.2, -0.15) is 0 Å². The van der Waals surface area contributed by atoms with E-state index in [1.807, 2.05) is 0 Å². The fourth-order valence-electron chi connectivity index (χ4n) is 4.23. The topological polar surface area (TPSA) is 90.3 Å². The van der Waals surface area contributed by atoms with E-state index in [0.717, 1.165) is 19.6 Å². The number of phenols is 1. The van der Waals surface area contributed by atoms with Crippen molar-refractivity contribution in [1.82, 2.24) is 9.80 Å². The maximum Gasteiger partial charge on any atom is 0.295 e. The summed E-state index contributed by atoms with van der Waals surface area (Å²) in [6.45, 7) is 3.96. The second-order valence-corrected chi connectivity index (χ2v) is 8.93. The fourth-order valence-corrected chi connectivity index (χ4v) is 4.60. The Hall–Kier alpha value is -2.75. The fraction of sp³-hybridized carbons (Fsp3) is 0.333. The molecule has 2 aliphatic heterocycles. The van der Waals surface area contributed by atoms with Gasteiger partial charge >= 0.3 is 0 Å². The van der Waals surface area contributed by atoms with Crippen molar-refractivity contribution < 1.29 is 28.9 Å². The summed E-state index contributed by atoms with van der Waals surface area (Å²) >= 11 is 3.29. The summed E-state index contributed by atoms with van der Waals surface area (Å²) in [5.74, 6) is -2.73. The Kier molecular flexibility index (Phi) is 7.11. The number of benzene rings is 2. The number of carbonyl (C=O) groups excluding carboxylic acids is 2. The minimum absolute atomic E-state index is 0.0304. The van der Waals surface area contributed by atoms with Crippen molar-refractivity contribution in [2.45, 2.75) is 12.5 Å².